The van der Waals surface area contributed by atoms with Crippen molar-refractivity contribution in [2.24, 2.45) is 4.99 Å². The summed E-state index contributed by atoms with van der Waals surface area (Å²) in [7, 11) is 3.31. The van der Waals surface area contributed by atoms with Crippen LogP contribution in [0.25, 0.3) is 11.3 Å². The molecule has 0 aliphatic heterocycles. The molecule has 1 heterocycles. The molecule has 1 N–H and O–H groups in total. The normalized spacial score (nSPS) is 11.6. The topological polar surface area (TPSA) is 56.0 Å². The van der Waals surface area contributed by atoms with E-state index in [1.807, 2.05) is 48.5 Å². The summed E-state index contributed by atoms with van der Waals surface area (Å²) in [5, 5.41) is 11.4. The van der Waals surface area contributed by atoms with E-state index in [1.165, 1.54) is 0 Å². The minimum absolute atomic E-state index is 0.146. The van der Waals surface area contributed by atoms with Crippen LogP contribution in [-0.2, 0) is 6.54 Å². The van der Waals surface area contributed by atoms with Crippen LogP contribution < -0.4 is 14.3 Å². The van der Waals surface area contributed by atoms with E-state index in [1.54, 1.807) is 25.6 Å². The number of benzene rings is 2. The monoisotopic (exact) mass is 370 g/mol. The highest BCUT2D eigenvalue weighted by molar-refractivity contribution is 7.07. The van der Waals surface area contributed by atoms with Crippen LogP contribution in [0.5, 0.6) is 11.5 Å². The first kappa shape index (κ1) is 18.2. The Balaban J connectivity index is 2.01. The van der Waals surface area contributed by atoms with Crippen molar-refractivity contribution in [3.63, 3.8) is 0 Å². The van der Waals surface area contributed by atoms with Crippen molar-refractivity contribution in [1.82, 2.24) is 4.57 Å². The largest absolute Gasteiger partial charge is 0.497 e. The Hall–Kier alpha value is -2.57. The minimum Gasteiger partial charge on any atom is -0.497 e. The van der Waals surface area contributed by atoms with Crippen molar-refractivity contribution in [1.29, 1.82) is 0 Å². The summed E-state index contributed by atoms with van der Waals surface area (Å²) in [6, 6.07) is 15.6. The van der Waals surface area contributed by atoms with E-state index in [2.05, 4.69) is 9.95 Å². The second kappa shape index (κ2) is 8.69. The molecular formula is C20H22N2O3S. The maximum absolute atomic E-state index is 9.26. The van der Waals surface area contributed by atoms with Gasteiger partial charge in [-0.25, -0.2) is 4.99 Å². The van der Waals surface area contributed by atoms with Gasteiger partial charge in [-0.15, -0.1) is 11.3 Å². The molecule has 5 nitrogen and oxygen atoms in total. The highest BCUT2D eigenvalue weighted by Gasteiger charge is 2.08. The molecule has 136 valence electrons. The molecule has 0 bridgehead atoms. The zero-order valence-electron chi connectivity index (χ0n) is 14.9. The number of hydrogen-bond donors (Lipinski definition) is 1. The van der Waals surface area contributed by atoms with E-state index in [-0.39, 0.29) is 6.61 Å². The molecule has 0 fully saturated rings. The van der Waals surface area contributed by atoms with E-state index < -0.39 is 0 Å². The first-order chi connectivity index (χ1) is 12.7. The summed E-state index contributed by atoms with van der Waals surface area (Å²) in [6.45, 7) is 0.850. The van der Waals surface area contributed by atoms with Crippen molar-refractivity contribution < 1.29 is 14.6 Å². The van der Waals surface area contributed by atoms with Crippen LogP contribution in [0, 0.1) is 0 Å². The van der Waals surface area contributed by atoms with Gasteiger partial charge >= 0.3 is 0 Å². The molecule has 3 rings (SSSR count). The lowest BCUT2D eigenvalue weighted by molar-refractivity contribution is 0.279. The third-order valence-electron chi connectivity index (χ3n) is 4.02. The quantitative estimate of drug-likeness (QED) is 0.687. The lowest BCUT2D eigenvalue weighted by Gasteiger charge is -2.09. The van der Waals surface area contributed by atoms with Crippen molar-refractivity contribution in [3.8, 4) is 22.8 Å². The molecule has 0 aliphatic carbocycles. The minimum atomic E-state index is 0.146. The molecule has 1 aromatic heterocycles. The SMILES string of the molecule is COc1ccc(N=c2scc(-c3ccc(OC)cc3)n2CCCO)cc1. The van der Waals surface area contributed by atoms with Gasteiger partial charge in [-0.05, 0) is 60.5 Å². The first-order valence-electron chi connectivity index (χ1n) is 8.37. The highest BCUT2D eigenvalue weighted by atomic mass is 32.1. The second-order valence-electron chi connectivity index (χ2n) is 5.67. The fourth-order valence-corrected chi connectivity index (χ4v) is 3.58. The molecule has 0 radical (unpaired) electrons. The number of hydrogen-bond acceptors (Lipinski definition) is 5. The molecule has 3 aromatic rings. The standard InChI is InChI=1S/C20H22N2O3S/c1-24-17-8-4-15(5-9-17)19-14-26-20(22(19)12-3-13-23)21-16-6-10-18(25-2)11-7-16/h4-11,14,23H,3,12-13H2,1-2H3. The Labute approximate surface area is 156 Å². The predicted molar refractivity (Wildman–Crippen MR) is 104 cm³/mol. The number of rotatable bonds is 7. The Bertz CT molecular complexity index is 896. The maximum atomic E-state index is 9.26. The molecule has 0 amide bonds. The first-order valence-corrected chi connectivity index (χ1v) is 9.25. The molecule has 6 heteroatoms. The van der Waals surface area contributed by atoms with Crippen LogP contribution in [-0.4, -0.2) is 30.5 Å². The number of methoxy groups -OCH3 is 2. The van der Waals surface area contributed by atoms with Gasteiger partial charge in [0, 0.05) is 18.5 Å². The van der Waals surface area contributed by atoms with Crippen LogP contribution in [0.1, 0.15) is 6.42 Å². The van der Waals surface area contributed by atoms with Gasteiger partial charge in [0.1, 0.15) is 11.5 Å². The molecule has 0 spiro atoms. The summed E-state index contributed by atoms with van der Waals surface area (Å²) in [5.74, 6) is 1.64. The van der Waals surface area contributed by atoms with E-state index in [9.17, 15) is 5.11 Å². The van der Waals surface area contributed by atoms with E-state index in [4.69, 9.17) is 14.5 Å². The molecule has 0 unspecified atom stereocenters. The fraction of sp³-hybridized carbons (Fsp3) is 0.250. The van der Waals surface area contributed by atoms with E-state index >= 15 is 0 Å². The van der Waals surface area contributed by atoms with Crippen molar-refractivity contribution in [3.05, 3.63) is 58.7 Å². The van der Waals surface area contributed by atoms with Gasteiger partial charge in [0.05, 0.1) is 25.6 Å². The number of aromatic nitrogens is 1. The van der Waals surface area contributed by atoms with Crippen molar-refractivity contribution in [2.45, 2.75) is 13.0 Å². The van der Waals surface area contributed by atoms with Crippen LogP contribution in [0.4, 0.5) is 5.69 Å². The lowest BCUT2D eigenvalue weighted by atomic mass is 10.1. The van der Waals surface area contributed by atoms with Crippen LogP contribution in [0.15, 0.2) is 58.9 Å². The third-order valence-corrected chi connectivity index (χ3v) is 4.88. The fourth-order valence-electron chi connectivity index (χ4n) is 2.62. The van der Waals surface area contributed by atoms with Gasteiger partial charge in [-0.3, -0.25) is 0 Å². The zero-order chi connectivity index (χ0) is 18.4. The number of nitrogens with zero attached hydrogens (tertiary/aromatic N) is 2. The van der Waals surface area contributed by atoms with Gasteiger partial charge in [-0.1, -0.05) is 0 Å². The van der Waals surface area contributed by atoms with Gasteiger partial charge in [0.25, 0.3) is 0 Å². The van der Waals surface area contributed by atoms with Gasteiger partial charge < -0.3 is 19.1 Å². The molecule has 0 saturated heterocycles. The van der Waals surface area contributed by atoms with Gasteiger partial charge in [-0.2, -0.15) is 0 Å². The molecule has 26 heavy (non-hydrogen) atoms. The highest BCUT2D eigenvalue weighted by Crippen LogP contribution is 2.24. The Morgan fingerprint density at radius 2 is 1.58 bits per heavy atom. The van der Waals surface area contributed by atoms with Crippen LogP contribution in [0.3, 0.4) is 0 Å². The molecular weight excluding hydrogens is 348 g/mol. The zero-order valence-corrected chi connectivity index (χ0v) is 15.7. The smallest absolute Gasteiger partial charge is 0.190 e. The Morgan fingerprint density at radius 3 is 2.15 bits per heavy atom. The summed E-state index contributed by atoms with van der Waals surface area (Å²) in [6.07, 6.45) is 0.676. The second-order valence-corrected chi connectivity index (χ2v) is 6.51. The van der Waals surface area contributed by atoms with Crippen LogP contribution >= 0.6 is 11.3 Å². The van der Waals surface area contributed by atoms with Crippen LogP contribution in [0.2, 0.25) is 0 Å². The molecule has 0 atom stereocenters. The van der Waals surface area contributed by atoms with Gasteiger partial charge in [0.2, 0.25) is 0 Å². The number of aliphatic hydroxyl groups excluding tert-OH is 1. The number of ether oxygens (including phenoxy) is 2. The summed E-state index contributed by atoms with van der Waals surface area (Å²) >= 11 is 1.59. The lowest BCUT2D eigenvalue weighted by Crippen LogP contribution is -2.16. The van der Waals surface area contributed by atoms with Gasteiger partial charge in [0.15, 0.2) is 4.80 Å². The molecule has 2 aromatic carbocycles. The average Bonchev–Trinajstić information content (AvgIpc) is 3.09. The number of thiazole rings is 1. The third kappa shape index (κ3) is 4.15. The van der Waals surface area contributed by atoms with Crippen molar-refractivity contribution in [2.75, 3.05) is 20.8 Å². The van der Waals surface area contributed by atoms with Crippen molar-refractivity contribution >= 4 is 17.0 Å². The molecule has 0 saturated carbocycles. The number of aliphatic hydroxyl groups is 1. The Kier molecular flexibility index (Phi) is 6.09. The average molecular weight is 370 g/mol. The Morgan fingerprint density at radius 1 is 0.962 bits per heavy atom. The van der Waals surface area contributed by atoms with E-state index in [0.29, 0.717) is 13.0 Å². The summed E-state index contributed by atoms with van der Waals surface area (Å²) in [4.78, 5) is 5.67. The van der Waals surface area contributed by atoms with E-state index in [0.717, 1.165) is 33.2 Å². The predicted octanol–water partition coefficient (Wildman–Crippen LogP) is 3.85. The molecule has 0 aliphatic rings. The summed E-state index contributed by atoms with van der Waals surface area (Å²) < 4.78 is 12.6. The maximum Gasteiger partial charge on any atom is 0.190 e. The summed E-state index contributed by atoms with van der Waals surface area (Å²) in [5.41, 5.74) is 3.04.